The largest absolute Gasteiger partial charge is 0.492 e. The quantitative estimate of drug-likeness (QED) is 0.644. The third-order valence-electron chi connectivity index (χ3n) is 4.50. The van der Waals surface area contributed by atoms with E-state index in [-0.39, 0.29) is 5.91 Å². The maximum absolute atomic E-state index is 11.6. The van der Waals surface area contributed by atoms with Crippen LogP contribution in [-0.2, 0) is 17.8 Å². The number of benzene rings is 3. The number of halogens is 1. The van der Waals surface area contributed by atoms with Crippen LogP contribution in [0.4, 0.5) is 5.69 Å². The third kappa shape index (κ3) is 3.52. The minimum atomic E-state index is -0.0487. The Labute approximate surface area is 157 Å². The molecule has 1 amide bonds. The van der Waals surface area contributed by atoms with Gasteiger partial charge in [-0.25, -0.2) is 0 Å². The van der Waals surface area contributed by atoms with Crippen LogP contribution in [0.25, 0.3) is 10.8 Å². The lowest BCUT2D eigenvalue weighted by Crippen LogP contribution is -2.20. The van der Waals surface area contributed by atoms with Crippen molar-refractivity contribution in [1.29, 1.82) is 0 Å². The van der Waals surface area contributed by atoms with Crippen LogP contribution in [0, 0.1) is 0 Å². The van der Waals surface area contributed by atoms with Gasteiger partial charge in [0.15, 0.2) is 0 Å². The lowest BCUT2D eigenvalue weighted by Gasteiger charge is -2.12. The average molecular weight is 367 g/mol. The number of hydrogen-bond donors (Lipinski definition) is 2. The van der Waals surface area contributed by atoms with Gasteiger partial charge in [0.05, 0.1) is 17.1 Å². The Bertz CT molecular complexity index is 971. The summed E-state index contributed by atoms with van der Waals surface area (Å²) in [6.45, 7) is 2.02. The number of nitrogens with one attached hydrogen (secondary N) is 2. The van der Waals surface area contributed by atoms with Gasteiger partial charge in [0, 0.05) is 18.7 Å². The molecular weight excluding hydrogens is 348 g/mol. The normalized spacial score (nSPS) is 12.9. The van der Waals surface area contributed by atoms with Crippen molar-refractivity contribution in [3.05, 3.63) is 70.7 Å². The highest BCUT2D eigenvalue weighted by atomic mass is 35.5. The van der Waals surface area contributed by atoms with Crippen molar-refractivity contribution in [2.45, 2.75) is 13.0 Å². The highest BCUT2D eigenvalue weighted by molar-refractivity contribution is 6.34. The van der Waals surface area contributed by atoms with Crippen molar-refractivity contribution in [2.75, 3.05) is 18.5 Å². The Balaban J connectivity index is 1.31. The van der Waals surface area contributed by atoms with Crippen molar-refractivity contribution in [2.24, 2.45) is 0 Å². The van der Waals surface area contributed by atoms with Crippen LogP contribution in [0.15, 0.2) is 54.6 Å². The third-order valence-corrected chi connectivity index (χ3v) is 4.82. The van der Waals surface area contributed by atoms with Gasteiger partial charge in [-0.2, -0.15) is 0 Å². The maximum atomic E-state index is 11.6. The number of fused-ring (bicyclic) bond motifs is 2. The molecule has 0 unspecified atom stereocenters. The second-order valence-electron chi connectivity index (χ2n) is 6.33. The van der Waals surface area contributed by atoms with Crippen molar-refractivity contribution in [3.8, 4) is 5.75 Å². The average Bonchev–Trinajstić information content (AvgIpc) is 3.05. The van der Waals surface area contributed by atoms with Crippen LogP contribution < -0.4 is 15.4 Å². The minimum Gasteiger partial charge on any atom is -0.492 e. The summed E-state index contributed by atoms with van der Waals surface area (Å²) in [6, 6.07) is 18.4. The molecule has 4 nitrogen and oxygen atoms in total. The molecule has 3 aromatic carbocycles. The summed E-state index contributed by atoms with van der Waals surface area (Å²) in [5.41, 5.74) is 2.77. The maximum Gasteiger partial charge on any atom is 0.229 e. The van der Waals surface area contributed by atoms with Gasteiger partial charge in [0.2, 0.25) is 5.91 Å². The van der Waals surface area contributed by atoms with E-state index < -0.39 is 0 Å². The van der Waals surface area contributed by atoms with Gasteiger partial charge in [0.1, 0.15) is 12.4 Å². The topological polar surface area (TPSA) is 50.4 Å². The molecule has 0 saturated carbocycles. The zero-order chi connectivity index (χ0) is 17.9. The Hall–Kier alpha value is -2.56. The molecule has 0 bridgehead atoms. The molecule has 2 N–H and O–H groups in total. The Morgan fingerprint density at radius 2 is 1.92 bits per heavy atom. The second-order valence-corrected chi connectivity index (χ2v) is 6.74. The zero-order valence-electron chi connectivity index (χ0n) is 14.2. The Morgan fingerprint density at radius 3 is 2.81 bits per heavy atom. The molecule has 0 saturated heterocycles. The van der Waals surface area contributed by atoms with E-state index in [1.807, 2.05) is 12.1 Å². The number of ether oxygens (including phenoxy) is 1. The molecule has 4 rings (SSSR count). The molecule has 1 heterocycles. The molecule has 0 fully saturated rings. The molecule has 5 heteroatoms. The molecule has 1 aliphatic heterocycles. The van der Waals surface area contributed by atoms with Gasteiger partial charge in [-0.3, -0.25) is 4.79 Å². The van der Waals surface area contributed by atoms with Crippen LogP contribution >= 0.6 is 11.6 Å². The van der Waals surface area contributed by atoms with E-state index >= 15 is 0 Å². The van der Waals surface area contributed by atoms with E-state index in [1.165, 1.54) is 16.3 Å². The Morgan fingerprint density at radius 1 is 1.08 bits per heavy atom. The van der Waals surface area contributed by atoms with E-state index in [0.29, 0.717) is 30.3 Å². The summed E-state index contributed by atoms with van der Waals surface area (Å²) in [4.78, 5) is 11.6. The summed E-state index contributed by atoms with van der Waals surface area (Å²) >= 11 is 6.12. The molecule has 0 aromatic heterocycles. The number of anilines is 1. The number of carbonyl (C=O) groups excluding carboxylic acids is 1. The first-order valence-electron chi connectivity index (χ1n) is 8.63. The van der Waals surface area contributed by atoms with Crippen LogP contribution in [-0.4, -0.2) is 19.1 Å². The molecule has 0 spiro atoms. The molecule has 0 atom stereocenters. The van der Waals surface area contributed by atoms with E-state index in [1.54, 1.807) is 6.07 Å². The molecular formula is C21H19ClN2O2. The molecule has 3 aromatic rings. The number of carbonyl (C=O) groups is 1. The van der Waals surface area contributed by atoms with Crippen LogP contribution in [0.1, 0.15) is 11.1 Å². The zero-order valence-corrected chi connectivity index (χ0v) is 15.0. The van der Waals surface area contributed by atoms with Gasteiger partial charge >= 0.3 is 0 Å². The Kier molecular flexibility index (Phi) is 4.78. The summed E-state index contributed by atoms with van der Waals surface area (Å²) in [6.07, 6.45) is 0.315. The van der Waals surface area contributed by atoms with E-state index in [0.717, 1.165) is 17.9 Å². The van der Waals surface area contributed by atoms with Crippen molar-refractivity contribution in [1.82, 2.24) is 5.32 Å². The first-order chi connectivity index (χ1) is 12.7. The van der Waals surface area contributed by atoms with Crippen LogP contribution in [0.5, 0.6) is 5.75 Å². The van der Waals surface area contributed by atoms with Crippen LogP contribution in [0.2, 0.25) is 5.02 Å². The highest BCUT2D eigenvalue weighted by Crippen LogP contribution is 2.37. The van der Waals surface area contributed by atoms with Gasteiger partial charge < -0.3 is 15.4 Å². The SMILES string of the molecule is O=C1Cc2c(OCCNCc3ccc4ccccc4c3)ccc(Cl)c2N1. The molecule has 0 radical (unpaired) electrons. The van der Waals surface area contributed by atoms with Crippen molar-refractivity contribution in [3.63, 3.8) is 0 Å². The van der Waals surface area contributed by atoms with E-state index in [9.17, 15) is 4.79 Å². The highest BCUT2D eigenvalue weighted by Gasteiger charge is 2.24. The lowest BCUT2D eigenvalue weighted by molar-refractivity contribution is -0.115. The first kappa shape index (κ1) is 16.9. The number of rotatable bonds is 6. The molecule has 26 heavy (non-hydrogen) atoms. The van der Waals surface area contributed by atoms with Gasteiger partial charge in [-0.05, 0) is 34.5 Å². The molecule has 0 aliphatic carbocycles. The fraction of sp³-hybridized carbons (Fsp3) is 0.190. The summed E-state index contributed by atoms with van der Waals surface area (Å²) < 4.78 is 5.85. The molecule has 132 valence electrons. The van der Waals surface area contributed by atoms with E-state index in [4.69, 9.17) is 16.3 Å². The number of amides is 1. The minimum absolute atomic E-state index is 0.0487. The monoisotopic (exact) mass is 366 g/mol. The van der Waals surface area contributed by atoms with Crippen molar-refractivity contribution >= 4 is 34.0 Å². The summed E-state index contributed by atoms with van der Waals surface area (Å²) in [5.74, 6) is 0.669. The van der Waals surface area contributed by atoms with Crippen molar-refractivity contribution < 1.29 is 9.53 Å². The number of hydrogen-bond acceptors (Lipinski definition) is 3. The summed E-state index contributed by atoms with van der Waals surface area (Å²) in [5, 5.41) is 9.21. The summed E-state index contributed by atoms with van der Waals surface area (Å²) in [7, 11) is 0. The fourth-order valence-corrected chi connectivity index (χ4v) is 3.43. The van der Waals surface area contributed by atoms with Gasteiger partial charge in [-0.1, -0.05) is 48.0 Å². The smallest absolute Gasteiger partial charge is 0.229 e. The first-order valence-corrected chi connectivity index (χ1v) is 9.01. The van der Waals surface area contributed by atoms with Gasteiger partial charge in [-0.15, -0.1) is 0 Å². The molecule has 1 aliphatic rings. The lowest BCUT2D eigenvalue weighted by atomic mass is 10.1. The van der Waals surface area contributed by atoms with Gasteiger partial charge in [0.25, 0.3) is 0 Å². The van der Waals surface area contributed by atoms with E-state index in [2.05, 4.69) is 47.0 Å². The van der Waals surface area contributed by atoms with Crippen LogP contribution in [0.3, 0.4) is 0 Å². The standard InChI is InChI=1S/C21H19ClN2O2/c22-18-7-8-19(17-12-20(25)24-21(17)18)26-10-9-23-13-14-5-6-15-3-1-2-4-16(15)11-14/h1-8,11,23H,9-10,12-13H2,(H,24,25). The predicted octanol–water partition coefficient (Wildman–Crippen LogP) is 4.16. The fourth-order valence-electron chi connectivity index (χ4n) is 3.20. The predicted molar refractivity (Wildman–Crippen MR) is 105 cm³/mol. The second kappa shape index (κ2) is 7.36.